The normalized spacial score (nSPS) is 14.2. The summed E-state index contributed by atoms with van der Waals surface area (Å²) in [5, 5.41) is 0. The maximum Gasteiger partial charge on any atom is 0.204 e. The molecule has 0 aliphatic carbocycles. The summed E-state index contributed by atoms with van der Waals surface area (Å²) in [5.41, 5.74) is 0.474. The van der Waals surface area contributed by atoms with Gasteiger partial charge in [0, 0.05) is 6.42 Å². The van der Waals surface area contributed by atoms with Gasteiger partial charge in [0.2, 0.25) is 5.75 Å². The van der Waals surface area contributed by atoms with Gasteiger partial charge in [-0.2, -0.15) is 0 Å². The van der Waals surface area contributed by atoms with E-state index < -0.39 is 0 Å². The van der Waals surface area contributed by atoms with E-state index in [1.54, 1.807) is 12.1 Å². The van der Waals surface area contributed by atoms with Gasteiger partial charge in [0.15, 0.2) is 17.8 Å². The third-order valence-electron chi connectivity index (χ3n) is 2.23. The fourth-order valence-electron chi connectivity index (χ4n) is 1.53. The number of aldehydes is 1. The number of carbonyl (C=O) groups is 1. The molecular weight excluding hydrogens is 196 g/mol. The van der Waals surface area contributed by atoms with E-state index in [2.05, 4.69) is 0 Å². The summed E-state index contributed by atoms with van der Waals surface area (Å²) in [4.78, 5) is 10.8. The van der Waals surface area contributed by atoms with Gasteiger partial charge in [0.25, 0.3) is 0 Å². The Morgan fingerprint density at radius 3 is 2.87 bits per heavy atom. The molecule has 2 rings (SSSR count). The van der Waals surface area contributed by atoms with E-state index in [0.29, 0.717) is 36.0 Å². The van der Waals surface area contributed by atoms with Gasteiger partial charge in [-0.05, 0) is 12.1 Å². The van der Waals surface area contributed by atoms with Crippen LogP contribution in [0.2, 0.25) is 0 Å². The van der Waals surface area contributed by atoms with Crippen LogP contribution in [-0.2, 0) is 0 Å². The van der Waals surface area contributed by atoms with Gasteiger partial charge in [-0.3, -0.25) is 4.79 Å². The molecule has 15 heavy (non-hydrogen) atoms. The van der Waals surface area contributed by atoms with E-state index in [4.69, 9.17) is 14.2 Å². The number of carbonyl (C=O) groups excluding carboxylic acids is 1. The molecule has 1 aliphatic rings. The fourth-order valence-corrected chi connectivity index (χ4v) is 1.53. The number of benzene rings is 1. The van der Waals surface area contributed by atoms with Gasteiger partial charge >= 0.3 is 0 Å². The lowest BCUT2D eigenvalue weighted by Gasteiger charge is -2.12. The third-order valence-corrected chi connectivity index (χ3v) is 2.23. The molecule has 0 radical (unpaired) electrons. The molecule has 1 heterocycles. The Balaban J connectivity index is 2.51. The molecule has 0 fully saturated rings. The van der Waals surface area contributed by atoms with Crippen molar-refractivity contribution in [3.05, 3.63) is 17.7 Å². The summed E-state index contributed by atoms with van der Waals surface area (Å²) in [6, 6.07) is 3.40. The van der Waals surface area contributed by atoms with Gasteiger partial charge in [0.1, 0.15) is 0 Å². The van der Waals surface area contributed by atoms with Crippen LogP contribution < -0.4 is 14.2 Å². The predicted molar refractivity (Wildman–Crippen MR) is 54.0 cm³/mol. The first-order chi connectivity index (χ1) is 7.36. The van der Waals surface area contributed by atoms with Crippen molar-refractivity contribution in [1.29, 1.82) is 0 Å². The summed E-state index contributed by atoms with van der Waals surface area (Å²) in [6.45, 7) is 1.20. The Hall–Kier alpha value is -1.71. The molecule has 0 saturated heterocycles. The largest absolute Gasteiger partial charge is 0.492 e. The van der Waals surface area contributed by atoms with Crippen molar-refractivity contribution in [3.8, 4) is 17.2 Å². The van der Waals surface area contributed by atoms with Crippen LogP contribution in [0.25, 0.3) is 0 Å². The summed E-state index contributed by atoms with van der Waals surface area (Å²) in [5.74, 6) is 1.61. The summed E-state index contributed by atoms with van der Waals surface area (Å²) >= 11 is 0. The van der Waals surface area contributed by atoms with Gasteiger partial charge in [-0.1, -0.05) is 0 Å². The van der Waals surface area contributed by atoms with Crippen LogP contribution >= 0.6 is 0 Å². The molecule has 1 aliphatic heterocycles. The van der Waals surface area contributed by atoms with Crippen molar-refractivity contribution in [3.63, 3.8) is 0 Å². The lowest BCUT2D eigenvalue weighted by atomic mass is 10.2. The molecule has 0 unspecified atom stereocenters. The van der Waals surface area contributed by atoms with Crippen LogP contribution in [0.15, 0.2) is 12.1 Å². The Morgan fingerprint density at radius 2 is 2.13 bits per heavy atom. The van der Waals surface area contributed by atoms with Crippen LogP contribution in [0.5, 0.6) is 17.2 Å². The Morgan fingerprint density at radius 1 is 1.33 bits per heavy atom. The highest BCUT2D eigenvalue weighted by molar-refractivity contribution is 5.82. The fraction of sp³-hybridized carbons (Fsp3) is 0.364. The van der Waals surface area contributed by atoms with Gasteiger partial charge in [-0.25, -0.2) is 0 Å². The van der Waals surface area contributed by atoms with Crippen molar-refractivity contribution >= 4 is 6.29 Å². The molecule has 80 valence electrons. The average molecular weight is 208 g/mol. The first-order valence-electron chi connectivity index (χ1n) is 4.78. The SMILES string of the molecule is COc1c(C=O)ccc2c1OCCCO2. The Labute approximate surface area is 87.8 Å². The summed E-state index contributed by atoms with van der Waals surface area (Å²) in [6.07, 6.45) is 1.57. The number of ether oxygens (including phenoxy) is 3. The molecule has 4 nitrogen and oxygen atoms in total. The highest BCUT2D eigenvalue weighted by Crippen LogP contribution is 2.40. The minimum Gasteiger partial charge on any atom is -0.492 e. The topological polar surface area (TPSA) is 44.8 Å². The number of hydrogen-bond donors (Lipinski definition) is 0. The molecule has 0 saturated carbocycles. The van der Waals surface area contributed by atoms with Crippen LogP contribution in [0, 0.1) is 0 Å². The van der Waals surface area contributed by atoms with Crippen LogP contribution in [0.1, 0.15) is 16.8 Å². The molecule has 1 aromatic carbocycles. The summed E-state index contributed by atoms with van der Waals surface area (Å²) < 4.78 is 16.1. The number of hydrogen-bond acceptors (Lipinski definition) is 4. The lowest BCUT2D eigenvalue weighted by molar-refractivity contribution is 0.111. The Kier molecular flexibility index (Phi) is 2.76. The summed E-state index contributed by atoms with van der Waals surface area (Å²) in [7, 11) is 1.51. The molecule has 0 spiro atoms. The van der Waals surface area contributed by atoms with Crippen LogP contribution in [-0.4, -0.2) is 26.6 Å². The lowest BCUT2D eigenvalue weighted by Crippen LogP contribution is -1.99. The molecule has 0 amide bonds. The van der Waals surface area contributed by atoms with E-state index in [1.165, 1.54) is 7.11 Å². The molecule has 1 aromatic rings. The minimum absolute atomic E-state index is 0.449. The monoisotopic (exact) mass is 208 g/mol. The quantitative estimate of drug-likeness (QED) is 0.693. The van der Waals surface area contributed by atoms with Crippen LogP contribution in [0.4, 0.5) is 0 Å². The first kappa shape index (κ1) is 9.83. The van der Waals surface area contributed by atoms with E-state index in [9.17, 15) is 4.79 Å². The standard InChI is InChI=1S/C11H12O4/c1-13-10-8(7-12)3-4-9-11(10)15-6-2-5-14-9/h3-4,7H,2,5-6H2,1H3. The third kappa shape index (κ3) is 1.75. The second kappa shape index (κ2) is 4.21. The first-order valence-corrected chi connectivity index (χ1v) is 4.78. The van der Waals surface area contributed by atoms with E-state index in [-0.39, 0.29) is 0 Å². The highest BCUT2D eigenvalue weighted by Gasteiger charge is 2.18. The van der Waals surface area contributed by atoms with Crippen molar-refractivity contribution < 1.29 is 19.0 Å². The van der Waals surface area contributed by atoms with Gasteiger partial charge in [0.05, 0.1) is 25.9 Å². The predicted octanol–water partition coefficient (Wildman–Crippen LogP) is 1.67. The number of fused-ring (bicyclic) bond motifs is 1. The van der Waals surface area contributed by atoms with E-state index in [0.717, 1.165) is 12.7 Å². The number of rotatable bonds is 2. The van der Waals surface area contributed by atoms with Crippen molar-refractivity contribution in [2.75, 3.05) is 20.3 Å². The van der Waals surface area contributed by atoms with Crippen molar-refractivity contribution in [2.45, 2.75) is 6.42 Å². The molecule has 0 atom stereocenters. The second-order valence-corrected chi connectivity index (χ2v) is 3.18. The van der Waals surface area contributed by atoms with Gasteiger partial charge in [-0.15, -0.1) is 0 Å². The second-order valence-electron chi connectivity index (χ2n) is 3.18. The zero-order valence-electron chi connectivity index (χ0n) is 8.49. The van der Waals surface area contributed by atoms with E-state index >= 15 is 0 Å². The molecule has 4 heteroatoms. The zero-order valence-corrected chi connectivity index (χ0v) is 8.49. The Bertz CT molecular complexity index is 373. The molecule has 0 bridgehead atoms. The smallest absolute Gasteiger partial charge is 0.204 e. The maximum atomic E-state index is 10.8. The maximum absolute atomic E-state index is 10.8. The van der Waals surface area contributed by atoms with Crippen molar-refractivity contribution in [1.82, 2.24) is 0 Å². The highest BCUT2D eigenvalue weighted by atomic mass is 16.5. The minimum atomic E-state index is 0.449. The van der Waals surface area contributed by atoms with Crippen LogP contribution in [0.3, 0.4) is 0 Å². The molecular formula is C11H12O4. The van der Waals surface area contributed by atoms with Gasteiger partial charge < -0.3 is 14.2 Å². The zero-order chi connectivity index (χ0) is 10.7. The average Bonchev–Trinajstić information content (AvgIpc) is 2.52. The number of methoxy groups -OCH3 is 1. The molecule has 0 N–H and O–H groups in total. The van der Waals surface area contributed by atoms with Crippen molar-refractivity contribution in [2.24, 2.45) is 0 Å². The van der Waals surface area contributed by atoms with E-state index in [1.807, 2.05) is 0 Å². The molecule has 0 aromatic heterocycles.